The van der Waals surface area contributed by atoms with Crippen LogP contribution in [0.2, 0.25) is 5.02 Å². The molecule has 1 fully saturated rings. The summed E-state index contributed by atoms with van der Waals surface area (Å²) in [6, 6.07) is 20.9. The van der Waals surface area contributed by atoms with Crippen molar-refractivity contribution in [1.82, 2.24) is 15.1 Å². The number of rotatable bonds is 6. The molecule has 0 bridgehead atoms. The van der Waals surface area contributed by atoms with Gasteiger partial charge in [-0.3, -0.25) is 4.79 Å². The van der Waals surface area contributed by atoms with Gasteiger partial charge in [-0.15, -0.1) is 0 Å². The fourth-order valence-corrected chi connectivity index (χ4v) is 4.50. The standard InChI is InChI=1S/C29H27ClN4O3/c1-18-9-11-20(12-10-18)28(36)32-22-13-14-27(35)23(15-22)25-16-26(19-6-4-7-19)34(33-25)29(37)31-17-21-5-2-3-8-24(21)30/h2-3,5,8-16,19,35H,4,6-7,17H2,1H3,(H,31,37)(H,32,36). The summed E-state index contributed by atoms with van der Waals surface area (Å²) in [5.74, 6) is -0.0234. The van der Waals surface area contributed by atoms with Crippen molar-refractivity contribution >= 4 is 29.2 Å². The number of halogens is 1. The molecule has 37 heavy (non-hydrogen) atoms. The van der Waals surface area contributed by atoms with Crippen molar-refractivity contribution in [3.8, 4) is 17.0 Å². The molecule has 3 aromatic carbocycles. The largest absolute Gasteiger partial charge is 0.507 e. The Labute approximate surface area is 220 Å². The molecule has 0 saturated heterocycles. The lowest BCUT2D eigenvalue weighted by Gasteiger charge is -2.25. The number of phenols is 1. The number of aryl methyl sites for hydroxylation is 1. The summed E-state index contributed by atoms with van der Waals surface area (Å²) in [4.78, 5) is 25.8. The highest BCUT2D eigenvalue weighted by Gasteiger charge is 2.27. The molecule has 1 saturated carbocycles. The highest BCUT2D eigenvalue weighted by Crippen LogP contribution is 2.39. The number of carbonyl (C=O) groups excluding carboxylic acids is 2. The fraction of sp³-hybridized carbons (Fsp3) is 0.207. The minimum atomic E-state index is -0.364. The first kappa shape index (κ1) is 24.6. The Balaban J connectivity index is 1.40. The molecule has 1 aromatic heterocycles. The van der Waals surface area contributed by atoms with Gasteiger partial charge < -0.3 is 15.7 Å². The van der Waals surface area contributed by atoms with E-state index in [1.165, 1.54) is 10.7 Å². The van der Waals surface area contributed by atoms with Gasteiger partial charge in [0.25, 0.3) is 5.91 Å². The summed E-state index contributed by atoms with van der Waals surface area (Å²) < 4.78 is 1.38. The van der Waals surface area contributed by atoms with Crippen molar-refractivity contribution in [2.45, 2.75) is 38.6 Å². The van der Waals surface area contributed by atoms with Gasteiger partial charge in [0, 0.05) is 34.3 Å². The maximum absolute atomic E-state index is 13.1. The zero-order chi connectivity index (χ0) is 25.9. The number of aromatic hydroxyl groups is 1. The first-order valence-corrected chi connectivity index (χ1v) is 12.6. The Morgan fingerprint density at radius 3 is 2.51 bits per heavy atom. The minimum absolute atomic E-state index is 0.00891. The SMILES string of the molecule is Cc1ccc(C(=O)Nc2ccc(O)c(-c3cc(C4CCC4)n(C(=O)NCc4ccccc4Cl)n3)c2)cc1. The lowest BCUT2D eigenvalue weighted by molar-refractivity contribution is 0.102. The molecular formula is C29H27ClN4O3. The van der Waals surface area contributed by atoms with Gasteiger partial charge in [0.1, 0.15) is 5.75 Å². The van der Waals surface area contributed by atoms with Crippen LogP contribution < -0.4 is 10.6 Å². The number of phenolic OH excluding ortho intramolecular Hbond substituents is 1. The van der Waals surface area contributed by atoms with Crippen molar-refractivity contribution < 1.29 is 14.7 Å². The van der Waals surface area contributed by atoms with Crippen LogP contribution in [0.3, 0.4) is 0 Å². The zero-order valence-electron chi connectivity index (χ0n) is 20.4. The van der Waals surface area contributed by atoms with Crippen molar-refractivity contribution in [2.24, 2.45) is 0 Å². The first-order valence-electron chi connectivity index (χ1n) is 12.2. The summed E-state index contributed by atoms with van der Waals surface area (Å²) in [6.45, 7) is 2.23. The molecule has 188 valence electrons. The first-order chi connectivity index (χ1) is 17.9. The predicted molar refractivity (Wildman–Crippen MR) is 144 cm³/mol. The highest BCUT2D eigenvalue weighted by molar-refractivity contribution is 6.31. The van der Waals surface area contributed by atoms with E-state index in [0.717, 1.165) is 36.1 Å². The van der Waals surface area contributed by atoms with E-state index in [2.05, 4.69) is 15.7 Å². The number of benzene rings is 3. The molecule has 0 spiro atoms. The number of hydrogen-bond acceptors (Lipinski definition) is 4. The Bertz CT molecular complexity index is 1460. The van der Waals surface area contributed by atoms with E-state index in [4.69, 9.17) is 11.6 Å². The third-order valence-corrected chi connectivity index (χ3v) is 7.05. The van der Waals surface area contributed by atoms with Gasteiger partial charge in [-0.05, 0) is 67.8 Å². The lowest BCUT2D eigenvalue weighted by atomic mass is 9.82. The molecular weight excluding hydrogens is 488 g/mol. The molecule has 5 rings (SSSR count). The van der Waals surface area contributed by atoms with E-state index >= 15 is 0 Å². The Morgan fingerprint density at radius 2 is 1.81 bits per heavy atom. The van der Waals surface area contributed by atoms with Gasteiger partial charge in [0.2, 0.25) is 0 Å². The van der Waals surface area contributed by atoms with E-state index in [-0.39, 0.29) is 30.2 Å². The summed E-state index contributed by atoms with van der Waals surface area (Å²) in [5, 5.41) is 21.5. The predicted octanol–water partition coefficient (Wildman–Crippen LogP) is 6.50. The topological polar surface area (TPSA) is 96.2 Å². The number of nitrogens with zero attached hydrogens (tertiary/aromatic N) is 2. The number of amides is 2. The van der Waals surface area contributed by atoms with Crippen molar-refractivity contribution in [2.75, 3.05) is 5.32 Å². The molecule has 4 aromatic rings. The van der Waals surface area contributed by atoms with E-state index in [1.54, 1.807) is 30.3 Å². The highest BCUT2D eigenvalue weighted by atomic mass is 35.5. The van der Waals surface area contributed by atoms with Crippen LogP contribution in [-0.4, -0.2) is 26.8 Å². The Kier molecular flexibility index (Phi) is 6.97. The van der Waals surface area contributed by atoms with Crippen LogP contribution in [0.15, 0.2) is 72.8 Å². The van der Waals surface area contributed by atoms with E-state index in [9.17, 15) is 14.7 Å². The number of aromatic nitrogens is 2. The molecule has 0 unspecified atom stereocenters. The molecule has 0 atom stereocenters. The van der Waals surface area contributed by atoms with Gasteiger partial charge in [-0.1, -0.05) is 53.9 Å². The third-order valence-electron chi connectivity index (χ3n) is 6.68. The second kappa shape index (κ2) is 10.5. The number of anilines is 1. The van der Waals surface area contributed by atoms with Crippen LogP contribution in [0, 0.1) is 6.92 Å². The average Bonchev–Trinajstić information content (AvgIpc) is 3.28. The number of hydrogen-bond donors (Lipinski definition) is 3. The molecule has 1 heterocycles. The smallest absolute Gasteiger partial charge is 0.342 e. The second-order valence-electron chi connectivity index (χ2n) is 9.30. The molecule has 0 aliphatic heterocycles. The van der Waals surface area contributed by atoms with Crippen LogP contribution >= 0.6 is 11.6 Å². The number of carbonyl (C=O) groups is 2. The Morgan fingerprint density at radius 1 is 1.05 bits per heavy atom. The summed E-state index contributed by atoms with van der Waals surface area (Å²) in [5.41, 5.74) is 4.61. The van der Waals surface area contributed by atoms with Gasteiger partial charge in [-0.25, -0.2) is 4.79 Å². The summed E-state index contributed by atoms with van der Waals surface area (Å²) >= 11 is 6.23. The van der Waals surface area contributed by atoms with Crippen LogP contribution in [0.1, 0.15) is 52.4 Å². The van der Waals surface area contributed by atoms with Crippen LogP contribution in [0.25, 0.3) is 11.3 Å². The lowest BCUT2D eigenvalue weighted by Crippen LogP contribution is -2.31. The van der Waals surface area contributed by atoms with Crippen molar-refractivity contribution in [3.63, 3.8) is 0 Å². The zero-order valence-corrected chi connectivity index (χ0v) is 21.1. The third kappa shape index (κ3) is 5.37. The molecule has 1 aliphatic carbocycles. The minimum Gasteiger partial charge on any atom is -0.507 e. The molecule has 3 N–H and O–H groups in total. The number of nitrogens with one attached hydrogen (secondary N) is 2. The average molecular weight is 515 g/mol. The van der Waals surface area contributed by atoms with Gasteiger partial charge >= 0.3 is 6.03 Å². The van der Waals surface area contributed by atoms with E-state index in [0.29, 0.717) is 27.5 Å². The summed E-state index contributed by atoms with van der Waals surface area (Å²) in [6.07, 6.45) is 3.04. The second-order valence-corrected chi connectivity index (χ2v) is 9.70. The maximum atomic E-state index is 13.1. The van der Waals surface area contributed by atoms with Crippen molar-refractivity contribution in [3.05, 3.63) is 100 Å². The van der Waals surface area contributed by atoms with Gasteiger partial charge in [0.15, 0.2) is 0 Å². The summed E-state index contributed by atoms with van der Waals surface area (Å²) in [7, 11) is 0. The Hall–Kier alpha value is -4.10. The van der Waals surface area contributed by atoms with Crippen LogP contribution in [0.5, 0.6) is 5.75 Å². The quantitative estimate of drug-likeness (QED) is 0.256. The van der Waals surface area contributed by atoms with Crippen LogP contribution in [-0.2, 0) is 6.54 Å². The molecule has 8 heteroatoms. The molecule has 0 radical (unpaired) electrons. The normalized spacial score (nSPS) is 13.1. The molecule has 2 amide bonds. The maximum Gasteiger partial charge on any atom is 0.342 e. The van der Waals surface area contributed by atoms with Gasteiger partial charge in [-0.2, -0.15) is 9.78 Å². The molecule has 1 aliphatic rings. The van der Waals surface area contributed by atoms with Gasteiger partial charge in [0.05, 0.1) is 11.4 Å². The molecule has 7 nitrogen and oxygen atoms in total. The van der Waals surface area contributed by atoms with E-state index < -0.39 is 0 Å². The monoisotopic (exact) mass is 514 g/mol. The van der Waals surface area contributed by atoms with E-state index in [1.807, 2.05) is 43.3 Å². The van der Waals surface area contributed by atoms with Crippen LogP contribution in [0.4, 0.5) is 10.5 Å². The van der Waals surface area contributed by atoms with Crippen molar-refractivity contribution in [1.29, 1.82) is 0 Å². The fourth-order valence-electron chi connectivity index (χ4n) is 4.30.